The van der Waals surface area contributed by atoms with Gasteiger partial charge >= 0.3 is 0 Å². The fraction of sp³-hybridized carbons (Fsp3) is 0.267. The molecular weight excluding hydrogens is 337 g/mol. The smallest absolute Gasteiger partial charge is 0.271 e. The molecule has 1 aromatic carbocycles. The maximum Gasteiger partial charge on any atom is 0.271 e. The van der Waals surface area contributed by atoms with Crippen molar-refractivity contribution >= 4 is 40.6 Å². The molecule has 0 bridgehead atoms. The number of nitrogens with one attached hydrogen (secondary N) is 2. The zero-order chi connectivity index (χ0) is 16.8. The van der Waals surface area contributed by atoms with E-state index in [4.69, 9.17) is 23.2 Å². The SMILES string of the molecule is CN(C)CCNC(=O)c1ccc(Nc2cc(Cl)ccc2Cl)nn1. The molecule has 0 atom stereocenters. The van der Waals surface area contributed by atoms with Gasteiger partial charge in [0.2, 0.25) is 0 Å². The van der Waals surface area contributed by atoms with Gasteiger partial charge in [-0.3, -0.25) is 4.79 Å². The number of amides is 1. The van der Waals surface area contributed by atoms with E-state index in [0.717, 1.165) is 6.54 Å². The van der Waals surface area contributed by atoms with Crippen LogP contribution in [-0.4, -0.2) is 48.2 Å². The predicted molar refractivity (Wildman–Crippen MR) is 92.7 cm³/mol. The molecule has 23 heavy (non-hydrogen) atoms. The number of benzene rings is 1. The Balaban J connectivity index is 1.99. The van der Waals surface area contributed by atoms with Gasteiger partial charge in [0.15, 0.2) is 11.5 Å². The number of aromatic nitrogens is 2. The quantitative estimate of drug-likeness (QED) is 0.835. The molecule has 8 heteroatoms. The number of halogens is 2. The zero-order valence-electron chi connectivity index (χ0n) is 12.8. The third-order valence-corrected chi connectivity index (χ3v) is 3.50. The highest BCUT2D eigenvalue weighted by Gasteiger charge is 2.09. The summed E-state index contributed by atoms with van der Waals surface area (Å²) in [4.78, 5) is 13.9. The number of anilines is 2. The van der Waals surface area contributed by atoms with Crippen molar-refractivity contribution in [1.82, 2.24) is 20.4 Å². The maximum atomic E-state index is 11.9. The van der Waals surface area contributed by atoms with Gasteiger partial charge in [0, 0.05) is 18.1 Å². The number of rotatable bonds is 6. The Morgan fingerprint density at radius 1 is 1.17 bits per heavy atom. The van der Waals surface area contributed by atoms with Crippen LogP contribution in [0.25, 0.3) is 0 Å². The van der Waals surface area contributed by atoms with E-state index in [9.17, 15) is 4.79 Å². The molecule has 0 aliphatic carbocycles. The Labute approximate surface area is 144 Å². The Hall–Kier alpha value is -1.89. The van der Waals surface area contributed by atoms with Crippen LogP contribution in [0.3, 0.4) is 0 Å². The Bertz CT molecular complexity index is 676. The number of likely N-dealkylation sites (N-methyl/N-ethyl adjacent to an activating group) is 1. The van der Waals surface area contributed by atoms with Crippen molar-refractivity contribution < 1.29 is 4.79 Å². The molecular formula is C15H17Cl2N5O. The van der Waals surface area contributed by atoms with E-state index in [0.29, 0.717) is 28.1 Å². The Morgan fingerprint density at radius 2 is 1.96 bits per heavy atom. The third kappa shape index (κ3) is 5.35. The summed E-state index contributed by atoms with van der Waals surface area (Å²) in [6.45, 7) is 1.30. The average Bonchev–Trinajstić information content (AvgIpc) is 2.51. The number of carbonyl (C=O) groups excluding carboxylic acids is 1. The number of carbonyl (C=O) groups is 1. The predicted octanol–water partition coefficient (Wildman–Crippen LogP) is 2.82. The fourth-order valence-electron chi connectivity index (χ4n) is 1.73. The first-order valence-electron chi connectivity index (χ1n) is 6.94. The van der Waals surface area contributed by atoms with Crippen LogP contribution in [0.4, 0.5) is 11.5 Å². The topological polar surface area (TPSA) is 70.2 Å². The van der Waals surface area contributed by atoms with E-state index in [1.807, 2.05) is 19.0 Å². The van der Waals surface area contributed by atoms with Crippen molar-refractivity contribution in [2.75, 3.05) is 32.5 Å². The van der Waals surface area contributed by atoms with E-state index in [1.54, 1.807) is 30.3 Å². The number of hydrogen-bond acceptors (Lipinski definition) is 5. The van der Waals surface area contributed by atoms with Crippen LogP contribution in [0, 0.1) is 0 Å². The van der Waals surface area contributed by atoms with Gasteiger partial charge in [-0.15, -0.1) is 10.2 Å². The molecule has 0 saturated heterocycles. The van der Waals surface area contributed by atoms with E-state index in [1.165, 1.54) is 0 Å². The summed E-state index contributed by atoms with van der Waals surface area (Å²) in [5.74, 6) is 0.214. The standard InChI is InChI=1S/C15H17Cl2N5O/c1-22(2)8-7-18-15(23)12-5-6-14(21-20-12)19-13-9-10(16)3-4-11(13)17/h3-6,9H,7-8H2,1-2H3,(H,18,23)(H,19,21). The zero-order valence-corrected chi connectivity index (χ0v) is 14.3. The van der Waals surface area contributed by atoms with E-state index >= 15 is 0 Å². The van der Waals surface area contributed by atoms with Crippen LogP contribution in [0.2, 0.25) is 10.0 Å². The van der Waals surface area contributed by atoms with Gasteiger partial charge in [-0.2, -0.15) is 0 Å². The van der Waals surface area contributed by atoms with Gasteiger partial charge in [0.05, 0.1) is 10.7 Å². The van der Waals surface area contributed by atoms with Gasteiger partial charge in [-0.25, -0.2) is 0 Å². The second-order valence-corrected chi connectivity index (χ2v) is 5.96. The van der Waals surface area contributed by atoms with Gasteiger partial charge < -0.3 is 15.5 Å². The molecule has 1 amide bonds. The van der Waals surface area contributed by atoms with Crippen molar-refractivity contribution in [1.29, 1.82) is 0 Å². The molecule has 0 fully saturated rings. The van der Waals surface area contributed by atoms with E-state index in [2.05, 4.69) is 20.8 Å². The highest BCUT2D eigenvalue weighted by atomic mass is 35.5. The summed E-state index contributed by atoms with van der Waals surface area (Å²) in [6, 6.07) is 8.32. The van der Waals surface area contributed by atoms with Gasteiger partial charge in [-0.1, -0.05) is 23.2 Å². The Kier molecular flexibility index (Phi) is 6.15. The lowest BCUT2D eigenvalue weighted by Gasteiger charge is -2.10. The molecule has 0 radical (unpaired) electrons. The molecule has 0 aliphatic heterocycles. The summed E-state index contributed by atoms with van der Waals surface area (Å²) in [5.41, 5.74) is 0.878. The first-order chi connectivity index (χ1) is 11.0. The Morgan fingerprint density at radius 3 is 2.61 bits per heavy atom. The number of hydrogen-bond donors (Lipinski definition) is 2. The number of nitrogens with zero attached hydrogens (tertiary/aromatic N) is 3. The molecule has 1 heterocycles. The highest BCUT2D eigenvalue weighted by molar-refractivity contribution is 6.35. The summed E-state index contributed by atoms with van der Waals surface area (Å²) < 4.78 is 0. The largest absolute Gasteiger partial charge is 0.349 e. The fourth-order valence-corrected chi connectivity index (χ4v) is 2.07. The van der Waals surface area contributed by atoms with Crippen molar-refractivity contribution in [2.24, 2.45) is 0 Å². The molecule has 2 N–H and O–H groups in total. The van der Waals surface area contributed by atoms with Crippen molar-refractivity contribution in [3.8, 4) is 0 Å². The summed E-state index contributed by atoms with van der Waals surface area (Å²) in [7, 11) is 3.88. The van der Waals surface area contributed by atoms with Crippen molar-refractivity contribution in [3.05, 3.63) is 46.1 Å². The van der Waals surface area contributed by atoms with Gasteiger partial charge in [0.25, 0.3) is 5.91 Å². The summed E-state index contributed by atoms with van der Waals surface area (Å²) in [5, 5.41) is 14.7. The molecule has 0 saturated carbocycles. The monoisotopic (exact) mass is 353 g/mol. The molecule has 0 aliphatic rings. The van der Waals surface area contributed by atoms with Crippen LogP contribution in [0.15, 0.2) is 30.3 Å². The molecule has 6 nitrogen and oxygen atoms in total. The normalized spacial score (nSPS) is 10.7. The first kappa shape index (κ1) is 17.5. The molecule has 1 aromatic heterocycles. The highest BCUT2D eigenvalue weighted by Crippen LogP contribution is 2.27. The van der Waals surface area contributed by atoms with Crippen LogP contribution in [0.5, 0.6) is 0 Å². The molecule has 0 spiro atoms. The maximum absolute atomic E-state index is 11.9. The molecule has 2 aromatic rings. The molecule has 0 unspecified atom stereocenters. The minimum atomic E-state index is -0.258. The van der Waals surface area contributed by atoms with Crippen LogP contribution >= 0.6 is 23.2 Å². The third-order valence-electron chi connectivity index (χ3n) is 2.93. The molecule has 122 valence electrons. The second-order valence-electron chi connectivity index (χ2n) is 5.11. The van der Waals surface area contributed by atoms with E-state index in [-0.39, 0.29) is 11.6 Å². The van der Waals surface area contributed by atoms with Crippen LogP contribution < -0.4 is 10.6 Å². The van der Waals surface area contributed by atoms with Crippen molar-refractivity contribution in [2.45, 2.75) is 0 Å². The second kappa shape index (κ2) is 8.10. The van der Waals surface area contributed by atoms with Gasteiger partial charge in [0.1, 0.15) is 0 Å². The van der Waals surface area contributed by atoms with Gasteiger partial charge in [-0.05, 0) is 44.4 Å². The lowest BCUT2D eigenvalue weighted by molar-refractivity contribution is 0.0945. The summed E-state index contributed by atoms with van der Waals surface area (Å²) >= 11 is 12.0. The average molecular weight is 354 g/mol. The van der Waals surface area contributed by atoms with Crippen LogP contribution in [-0.2, 0) is 0 Å². The van der Waals surface area contributed by atoms with Crippen LogP contribution in [0.1, 0.15) is 10.5 Å². The summed E-state index contributed by atoms with van der Waals surface area (Å²) in [6.07, 6.45) is 0. The minimum absolute atomic E-state index is 0.256. The van der Waals surface area contributed by atoms with Crippen molar-refractivity contribution in [3.63, 3.8) is 0 Å². The lowest BCUT2D eigenvalue weighted by atomic mass is 10.3. The first-order valence-corrected chi connectivity index (χ1v) is 7.70. The minimum Gasteiger partial charge on any atom is -0.349 e. The lowest BCUT2D eigenvalue weighted by Crippen LogP contribution is -2.31. The van der Waals surface area contributed by atoms with E-state index < -0.39 is 0 Å². The molecule has 2 rings (SSSR count).